The summed E-state index contributed by atoms with van der Waals surface area (Å²) >= 11 is 7.58. The first-order valence-electron chi connectivity index (χ1n) is 10.3. The average molecular weight is 463 g/mol. The van der Waals surface area contributed by atoms with Crippen molar-refractivity contribution in [2.24, 2.45) is 5.92 Å². The van der Waals surface area contributed by atoms with Crippen molar-refractivity contribution in [1.82, 2.24) is 14.9 Å². The molecule has 9 heteroatoms. The predicted molar refractivity (Wildman–Crippen MR) is 123 cm³/mol. The summed E-state index contributed by atoms with van der Waals surface area (Å²) < 4.78 is 5.12. The lowest BCUT2D eigenvalue weighted by atomic mass is 9.97. The van der Waals surface area contributed by atoms with Crippen molar-refractivity contribution in [1.29, 1.82) is 0 Å². The highest BCUT2D eigenvalue weighted by Gasteiger charge is 2.29. The van der Waals surface area contributed by atoms with E-state index in [1.165, 1.54) is 11.8 Å². The number of carbonyl (C=O) groups excluding carboxylic acids is 2. The Hall–Kier alpha value is -2.32. The average Bonchev–Trinajstić information content (AvgIpc) is 2.77. The number of esters is 1. The van der Waals surface area contributed by atoms with Gasteiger partial charge in [0.1, 0.15) is 11.0 Å². The summed E-state index contributed by atoms with van der Waals surface area (Å²) in [6.07, 6.45) is 1.57. The number of benzene rings is 1. The van der Waals surface area contributed by atoms with Gasteiger partial charge in [0, 0.05) is 44.6 Å². The zero-order chi connectivity index (χ0) is 22.4. The van der Waals surface area contributed by atoms with Gasteiger partial charge in [0.25, 0.3) is 5.91 Å². The Morgan fingerprint density at radius 2 is 2.00 bits per heavy atom. The lowest BCUT2D eigenvalue weighted by Crippen LogP contribution is -2.42. The van der Waals surface area contributed by atoms with Crippen LogP contribution in [0.2, 0.25) is 5.15 Å². The van der Waals surface area contributed by atoms with Crippen LogP contribution < -0.4 is 4.90 Å². The summed E-state index contributed by atoms with van der Waals surface area (Å²) in [6, 6.07) is 9.25. The SMILES string of the molecule is CCOC(=O)C1CCCN(C(=O)c2ccc(CSc3nc(Cl)cc(N(C)C)n3)cc2)C1. The number of aromatic nitrogens is 2. The van der Waals surface area contributed by atoms with E-state index in [4.69, 9.17) is 16.3 Å². The van der Waals surface area contributed by atoms with Gasteiger partial charge in [-0.1, -0.05) is 35.5 Å². The summed E-state index contributed by atoms with van der Waals surface area (Å²) in [5.41, 5.74) is 1.67. The number of anilines is 1. The Morgan fingerprint density at radius 3 is 2.68 bits per heavy atom. The molecule has 7 nitrogen and oxygen atoms in total. The first-order valence-corrected chi connectivity index (χ1v) is 11.6. The third kappa shape index (κ3) is 6.33. The Balaban J connectivity index is 1.60. The molecule has 1 atom stereocenters. The van der Waals surface area contributed by atoms with Gasteiger partial charge < -0.3 is 14.5 Å². The fourth-order valence-corrected chi connectivity index (χ4v) is 4.40. The number of carbonyl (C=O) groups is 2. The van der Waals surface area contributed by atoms with Crippen molar-refractivity contribution in [3.8, 4) is 0 Å². The second-order valence-corrected chi connectivity index (χ2v) is 8.88. The summed E-state index contributed by atoms with van der Waals surface area (Å²) in [5.74, 6) is 0.912. The van der Waals surface area contributed by atoms with Crippen molar-refractivity contribution in [2.45, 2.75) is 30.7 Å². The minimum atomic E-state index is -0.238. The second kappa shape index (κ2) is 10.8. The maximum Gasteiger partial charge on any atom is 0.310 e. The maximum absolute atomic E-state index is 12.9. The Labute approximate surface area is 192 Å². The monoisotopic (exact) mass is 462 g/mol. The molecule has 1 aromatic heterocycles. The van der Waals surface area contributed by atoms with Crippen LogP contribution in [0.25, 0.3) is 0 Å². The quantitative estimate of drug-likeness (QED) is 0.267. The molecule has 0 aliphatic carbocycles. The van der Waals surface area contributed by atoms with Crippen molar-refractivity contribution in [2.75, 3.05) is 38.7 Å². The zero-order valence-corrected chi connectivity index (χ0v) is 19.6. The molecular weight excluding hydrogens is 436 g/mol. The first-order chi connectivity index (χ1) is 14.9. The highest BCUT2D eigenvalue weighted by atomic mass is 35.5. The van der Waals surface area contributed by atoms with Crippen LogP contribution >= 0.6 is 23.4 Å². The van der Waals surface area contributed by atoms with Gasteiger partial charge in [0.05, 0.1) is 12.5 Å². The molecule has 3 rings (SSSR count). The van der Waals surface area contributed by atoms with Crippen molar-refractivity contribution >= 4 is 41.1 Å². The van der Waals surface area contributed by atoms with Gasteiger partial charge in [0.2, 0.25) is 0 Å². The molecule has 1 saturated heterocycles. The number of halogens is 1. The highest BCUT2D eigenvalue weighted by molar-refractivity contribution is 7.98. The van der Waals surface area contributed by atoms with Crippen molar-refractivity contribution in [3.63, 3.8) is 0 Å². The van der Waals surface area contributed by atoms with E-state index >= 15 is 0 Å². The maximum atomic E-state index is 12.9. The fourth-order valence-electron chi connectivity index (χ4n) is 3.37. The lowest BCUT2D eigenvalue weighted by molar-refractivity contribution is -0.149. The number of ether oxygens (including phenoxy) is 1. The molecule has 0 saturated carbocycles. The molecule has 0 N–H and O–H groups in total. The molecule has 0 spiro atoms. The predicted octanol–water partition coefficient (Wildman–Crippen LogP) is 3.90. The number of nitrogens with zero attached hydrogens (tertiary/aromatic N) is 4. The van der Waals surface area contributed by atoms with Crippen LogP contribution in [0.3, 0.4) is 0 Å². The molecule has 31 heavy (non-hydrogen) atoms. The fraction of sp³-hybridized carbons (Fsp3) is 0.455. The summed E-state index contributed by atoms with van der Waals surface area (Å²) in [5, 5.41) is 1.01. The van der Waals surface area contributed by atoms with Gasteiger partial charge in [-0.25, -0.2) is 9.97 Å². The van der Waals surface area contributed by atoms with Gasteiger partial charge >= 0.3 is 5.97 Å². The van der Waals surface area contributed by atoms with Crippen LogP contribution in [0.5, 0.6) is 0 Å². The molecule has 2 aromatic rings. The largest absolute Gasteiger partial charge is 0.466 e. The van der Waals surface area contributed by atoms with E-state index in [1.807, 2.05) is 43.3 Å². The Morgan fingerprint density at radius 1 is 1.26 bits per heavy atom. The lowest BCUT2D eigenvalue weighted by Gasteiger charge is -2.31. The minimum absolute atomic E-state index is 0.0537. The topological polar surface area (TPSA) is 75.6 Å². The van der Waals surface area contributed by atoms with E-state index in [2.05, 4.69) is 9.97 Å². The smallest absolute Gasteiger partial charge is 0.310 e. The van der Waals surface area contributed by atoms with E-state index < -0.39 is 0 Å². The molecule has 1 unspecified atom stereocenters. The molecule has 1 aliphatic rings. The van der Waals surface area contributed by atoms with E-state index in [0.29, 0.717) is 41.3 Å². The van der Waals surface area contributed by atoms with Crippen LogP contribution in [0, 0.1) is 5.92 Å². The standard InChI is InChI=1S/C22H27ClN4O3S/c1-4-30-21(29)17-6-5-11-27(13-17)20(28)16-9-7-15(8-10-16)14-31-22-24-18(23)12-19(25-22)26(2)3/h7-10,12,17H,4-6,11,13-14H2,1-3H3. The number of thioether (sulfide) groups is 1. The summed E-state index contributed by atoms with van der Waals surface area (Å²) in [7, 11) is 3.81. The number of rotatable bonds is 7. The molecule has 1 amide bonds. The van der Waals surface area contributed by atoms with Crippen LogP contribution in [0.15, 0.2) is 35.5 Å². The summed E-state index contributed by atoms with van der Waals surface area (Å²) in [6.45, 7) is 3.23. The Bertz CT molecular complexity index is 923. The first kappa shape index (κ1) is 23.3. The molecule has 0 bridgehead atoms. The highest BCUT2D eigenvalue weighted by Crippen LogP contribution is 2.25. The van der Waals surface area contributed by atoms with E-state index in [1.54, 1.807) is 17.9 Å². The van der Waals surface area contributed by atoms with Gasteiger partial charge in [-0.3, -0.25) is 9.59 Å². The van der Waals surface area contributed by atoms with Crippen LogP contribution in [0.4, 0.5) is 5.82 Å². The number of amides is 1. The normalized spacial score (nSPS) is 16.1. The second-order valence-electron chi connectivity index (χ2n) is 7.55. The zero-order valence-electron chi connectivity index (χ0n) is 18.0. The third-order valence-electron chi connectivity index (χ3n) is 5.02. The summed E-state index contributed by atoms with van der Waals surface area (Å²) in [4.78, 5) is 37.3. The molecule has 1 aliphatic heterocycles. The molecule has 0 radical (unpaired) electrons. The molecule has 1 fully saturated rings. The van der Waals surface area contributed by atoms with Gasteiger partial charge in [0.15, 0.2) is 5.16 Å². The van der Waals surface area contributed by atoms with E-state index in [-0.39, 0.29) is 17.8 Å². The molecule has 166 valence electrons. The van der Waals surface area contributed by atoms with Crippen molar-refractivity contribution < 1.29 is 14.3 Å². The number of piperidine rings is 1. The van der Waals surface area contributed by atoms with Crippen LogP contribution in [0.1, 0.15) is 35.7 Å². The number of hydrogen-bond donors (Lipinski definition) is 0. The van der Waals surface area contributed by atoms with Gasteiger partial charge in [-0.15, -0.1) is 0 Å². The minimum Gasteiger partial charge on any atom is -0.466 e. The number of hydrogen-bond acceptors (Lipinski definition) is 7. The molecule has 1 aromatic carbocycles. The van der Waals surface area contributed by atoms with Crippen LogP contribution in [-0.2, 0) is 15.3 Å². The van der Waals surface area contributed by atoms with Gasteiger partial charge in [-0.2, -0.15) is 0 Å². The Kier molecular flexibility index (Phi) is 8.15. The number of likely N-dealkylation sites (tertiary alicyclic amines) is 1. The molecular formula is C22H27ClN4O3S. The van der Waals surface area contributed by atoms with E-state index in [0.717, 1.165) is 24.2 Å². The third-order valence-corrected chi connectivity index (χ3v) is 6.13. The van der Waals surface area contributed by atoms with Gasteiger partial charge in [-0.05, 0) is 37.5 Å². The molecule has 2 heterocycles. The van der Waals surface area contributed by atoms with Crippen LogP contribution in [-0.4, -0.2) is 60.5 Å². The van der Waals surface area contributed by atoms with E-state index in [9.17, 15) is 9.59 Å². The van der Waals surface area contributed by atoms with Crippen molar-refractivity contribution in [3.05, 3.63) is 46.6 Å².